The fourth-order valence-corrected chi connectivity index (χ4v) is 3.92. The molecule has 0 aliphatic carbocycles. The Hall–Kier alpha value is -1.43. The molecule has 0 saturated carbocycles. The van der Waals surface area contributed by atoms with Gasteiger partial charge >= 0.3 is 0 Å². The molecule has 13 heteroatoms. The zero-order chi connectivity index (χ0) is 21.8. The van der Waals surface area contributed by atoms with Gasteiger partial charge in [-0.2, -0.15) is 15.0 Å². The second-order valence-electron chi connectivity index (χ2n) is 6.52. The number of aromatic nitrogens is 3. The van der Waals surface area contributed by atoms with Gasteiger partial charge in [0.25, 0.3) is 0 Å². The lowest BCUT2D eigenvalue weighted by Gasteiger charge is -2.27. The summed E-state index contributed by atoms with van der Waals surface area (Å²) in [6, 6.07) is 6.59. The van der Waals surface area contributed by atoms with E-state index in [4.69, 9.17) is 39.5 Å². The van der Waals surface area contributed by atoms with Crippen molar-refractivity contribution in [1.82, 2.24) is 19.7 Å². The molecule has 1 saturated heterocycles. The van der Waals surface area contributed by atoms with Gasteiger partial charge in [-0.1, -0.05) is 52.5 Å². The second-order valence-corrected chi connectivity index (χ2v) is 10.6. The molecule has 0 spiro atoms. The van der Waals surface area contributed by atoms with E-state index < -0.39 is 13.8 Å². The SMILES string of the molecule is Cc1ccc(S(=O)(=O)NCCNc2nc(N3CCOCC3)nc(C(Cl)(Cl)Cl)n2)cc1. The molecule has 0 atom stereocenters. The Morgan fingerprint density at radius 3 is 2.37 bits per heavy atom. The van der Waals surface area contributed by atoms with Crippen molar-refractivity contribution in [2.24, 2.45) is 0 Å². The van der Waals surface area contributed by atoms with Crippen LogP contribution < -0.4 is 14.9 Å². The topological polar surface area (TPSA) is 109 Å². The Balaban J connectivity index is 1.66. The number of nitrogens with zero attached hydrogens (tertiary/aromatic N) is 4. The van der Waals surface area contributed by atoms with Gasteiger partial charge in [-0.3, -0.25) is 0 Å². The number of sulfonamides is 1. The van der Waals surface area contributed by atoms with Crippen LogP contribution in [0.2, 0.25) is 0 Å². The van der Waals surface area contributed by atoms with Crippen molar-refractivity contribution >= 4 is 56.7 Å². The highest BCUT2D eigenvalue weighted by Crippen LogP contribution is 2.36. The number of halogens is 3. The zero-order valence-electron chi connectivity index (χ0n) is 16.1. The fraction of sp³-hybridized carbons (Fsp3) is 0.471. The van der Waals surface area contributed by atoms with Crippen molar-refractivity contribution < 1.29 is 13.2 Å². The third-order valence-corrected chi connectivity index (χ3v) is 6.19. The maximum Gasteiger partial charge on any atom is 0.250 e. The summed E-state index contributed by atoms with van der Waals surface area (Å²) in [4.78, 5) is 14.8. The van der Waals surface area contributed by atoms with Crippen molar-refractivity contribution in [1.29, 1.82) is 0 Å². The van der Waals surface area contributed by atoms with Gasteiger partial charge in [-0.15, -0.1) is 0 Å². The third kappa shape index (κ3) is 6.29. The zero-order valence-corrected chi connectivity index (χ0v) is 19.2. The van der Waals surface area contributed by atoms with E-state index in [-0.39, 0.29) is 29.8 Å². The second kappa shape index (κ2) is 9.80. The molecular formula is C17H21Cl3N6O3S. The minimum atomic E-state index is -3.62. The first-order valence-electron chi connectivity index (χ1n) is 9.11. The Labute approximate surface area is 190 Å². The van der Waals surface area contributed by atoms with Crippen LogP contribution in [-0.4, -0.2) is 62.8 Å². The summed E-state index contributed by atoms with van der Waals surface area (Å²) in [5, 5.41) is 2.95. The van der Waals surface area contributed by atoms with Crippen LogP contribution in [0.3, 0.4) is 0 Å². The van der Waals surface area contributed by atoms with E-state index >= 15 is 0 Å². The van der Waals surface area contributed by atoms with E-state index in [1.54, 1.807) is 24.3 Å². The summed E-state index contributed by atoms with van der Waals surface area (Å²) in [6.07, 6.45) is 0. The molecule has 2 heterocycles. The van der Waals surface area contributed by atoms with E-state index in [1.165, 1.54) is 0 Å². The molecule has 0 bridgehead atoms. The standard InChI is InChI=1S/C17H21Cl3N6O3S/c1-12-2-4-13(5-3-12)30(27,28)22-7-6-21-15-23-14(17(18,19)20)24-16(25-15)26-8-10-29-11-9-26/h2-5,22H,6-11H2,1H3,(H,21,23,24,25). The molecule has 1 aliphatic rings. The summed E-state index contributed by atoms with van der Waals surface area (Å²) < 4.78 is 30.7. The monoisotopic (exact) mass is 494 g/mol. The van der Waals surface area contributed by atoms with Crippen molar-refractivity contribution in [2.45, 2.75) is 15.6 Å². The first-order valence-corrected chi connectivity index (χ1v) is 11.7. The Kier molecular flexibility index (Phi) is 7.59. The minimum absolute atomic E-state index is 0.0215. The summed E-state index contributed by atoms with van der Waals surface area (Å²) in [5.41, 5.74) is 0.978. The number of hydrogen-bond donors (Lipinski definition) is 2. The lowest BCUT2D eigenvalue weighted by atomic mass is 10.2. The predicted octanol–water partition coefficient (Wildman–Crippen LogP) is 2.23. The lowest BCUT2D eigenvalue weighted by Crippen LogP contribution is -2.38. The molecule has 1 aliphatic heterocycles. The van der Waals surface area contributed by atoms with Crippen LogP contribution in [0.15, 0.2) is 29.2 Å². The van der Waals surface area contributed by atoms with Gasteiger partial charge in [0, 0.05) is 26.2 Å². The third-order valence-electron chi connectivity index (χ3n) is 4.20. The Bertz CT molecular complexity index is 964. The molecule has 2 aromatic rings. The summed E-state index contributed by atoms with van der Waals surface area (Å²) in [5.74, 6) is 0.520. The maximum absolute atomic E-state index is 12.4. The van der Waals surface area contributed by atoms with E-state index in [0.717, 1.165) is 5.56 Å². The smallest absolute Gasteiger partial charge is 0.250 e. The van der Waals surface area contributed by atoms with Gasteiger partial charge in [-0.05, 0) is 19.1 Å². The van der Waals surface area contributed by atoms with Crippen LogP contribution >= 0.6 is 34.8 Å². The molecule has 164 valence electrons. The first-order chi connectivity index (χ1) is 14.1. The van der Waals surface area contributed by atoms with Crippen molar-refractivity contribution in [3.05, 3.63) is 35.7 Å². The molecule has 9 nitrogen and oxygen atoms in total. The highest BCUT2D eigenvalue weighted by atomic mass is 35.6. The molecular weight excluding hydrogens is 475 g/mol. The van der Waals surface area contributed by atoms with Crippen LogP contribution in [0.25, 0.3) is 0 Å². The normalized spacial score (nSPS) is 15.3. The Morgan fingerprint density at radius 1 is 1.07 bits per heavy atom. The van der Waals surface area contributed by atoms with Crippen LogP contribution in [0.1, 0.15) is 11.4 Å². The Morgan fingerprint density at radius 2 is 1.73 bits per heavy atom. The number of hydrogen-bond acceptors (Lipinski definition) is 8. The van der Waals surface area contributed by atoms with E-state index in [2.05, 4.69) is 25.0 Å². The van der Waals surface area contributed by atoms with E-state index in [0.29, 0.717) is 32.3 Å². The number of morpholine rings is 1. The van der Waals surface area contributed by atoms with Gasteiger partial charge in [0.15, 0.2) is 5.82 Å². The molecule has 1 aromatic heterocycles. The molecule has 0 amide bonds. The van der Waals surface area contributed by atoms with Crippen molar-refractivity contribution in [2.75, 3.05) is 49.6 Å². The van der Waals surface area contributed by atoms with Gasteiger partial charge in [-0.25, -0.2) is 13.1 Å². The summed E-state index contributed by atoms with van der Waals surface area (Å²) in [6.45, 7) is 4.49. The van der Waals surface area contributed by atoms with E-state index in [1.807, 2.05) is 11.8 Å². The van der Waals surface area contributed by atoms with Crippen LogP contribution in [0.4, 0.5) is 11.9 Å². The minimum Gasteiger partial charge on any atom is -0.378 e. The number of ether oxygens (including phenoxy) is 1. The largest absolute Gasteiger partial charge is 0.378 e. The van der Waals surface area contributed by atoms with Gasteiger partial charge in [0.05, 0.1) is 18.1 Å². The summed E-state index contributed by atoms with van der Waals surface area (Å²) >= 11 is 17.9. The molecule has 1 aromatic carbocycles. The number of rotatable bonds is 7. The fourth-order valence-electron chi connectivity index (χ4n) is 2.64. The number of anilines is 2. The van der Waals surface area contributed by atoms with Gasteiger partial charge < -0.3 is 15.0 Å². The number of nitrogens with one attached hydrogen (secondary N) is 2. The average Bonchev–Trinajstić information content (AvgIpc) is 2.71. The predicted molar refractivity (Wildman–Crippen MR) is 117 cm³/mol. The van der Waals surface area contributed by atoms with Crippen LogP contribution in [0, 0.1) is 6.92 Å². The molecule has 1 fully saturated rings. The lowest BCUT2D eigenvalue weighted by molar-refractivity contribution is 0.122. The van der Waals surface area contributed by atoms with Crippen LogP contribution in [0.5, 0.6) is 0 Å². The molecule has 3 rings (SSSR count). The van der Waals surface area contributed by atoms with E-state index in [9.17, 15) is 8.42 Å². The highest BCUT2D eigenvalue weighted by Gasteiger charge is 2.29. The van der Waals surface area contributed by atoms with Crippen molar-refractivity contribution in [3.8, 4) is 0 Å². The molecule has 30 heavy (non-hydrogen) atoms. The molecule has 2 N–H and O–H groups in total. The number of alkyl halides is 3. The molecule has 0 unspecified atom stereocenters. The maximum atomic E-state index is 12.4. The molecule has 0 radical (unpaired) electrons. The first kappa shape index (κ1) is 23.2. The number of benzene rings is 1. The highest BCUT2D eigenvalue weighted by molar-refractivity contribution is 7.89. The average molecular weight is 496 g/mol. The van der Waals surface area contributed by atoms with Crippen LogP contribution in [-0.2, 0) is 18.6 Å². The van der Waals surface area contributed by atoms with Gasteiger partial charge in [0.2, 0.25) is 25.7 Å². The van der Waals surface area contributed by atoms with Crippen molar-refractivity contribution in [3.63, 3.8) is 0 Å². The van der Waals surface area contributed by atoms with Gasteiger partial charge in [0.1, 0.15) is 0 Å². The quantitative estimate of drug-likeness (QED) is 0.445. The number of aryl methyl sites for hydroxylation is 1. The summed E-state index contributed by atoms with van der Waals surface area (Å²) in [7, 11) is -3.62.